The number of carbonyl (C=O) groups excluding carboxylic acids is 2. The van der Waals surface area contributed by atoms with Crippen LogP contribution in [0.25, 0.3) is 0 Å². The SMILES string of the molecule is NC[C@@H](C(=O)Nc1ccc(N2CCOCC2=O)c(F)c1)N(CC1CC1)CC1CC1. The average molecular weight is 404 g/mol. The third-order valence-corrected chi connectivity index (χ3v) is 5.84. The second-order valence-corrected chi connectivity index (χ2v) is 8.35. The van der Waals surface area contributed by atoms with E-state index in [1.165, 1.54) is 42.7 Å². The zero-order chi connectivity index (χ0) is 20.4. The molecule has 158 valence electrons. The van der Waals surface area contributed by atoms with Crippen LogP contribution in [0.15, 0.2) is 18.2 Å². The number of nitrogens with zero attached hydrogens (tertiary/aromatic N) is 2. The molecular formula is C21H29FN4O3. The molecule has 0 aromatic heterocycles. The number of benzene rings is 1. The third-order valence-electron chi connectivity index (χ3n) is 5.84. The summed E-state index contributed by atoms with van der Waals surface area (Å²) in [6.45, 7) is 2.67. The number of hydrogen-bond acceptors (Lipinski definition) is 5. The quantitative estimate of drug-likeness (QED) is 0.652. The van der Waals surface area contributed by atoms with Gasteiger partial charge in [-0.1, -0.05) is 0 Å². The molecule has 2 amide bonds. The molecule has 1 atom stereocenters. The number of morpholine rings is 1. The second-order valence-electron chi connectivity index (χ2n) is 8.35. The fourth-order valence-electron chi connectivity index (χ4n) is 3.82. The van der Waals surface area contributed by atoms with Gasteiger partial charge in [-0.3, -0.25) is 14.5 Å². The molecule has 0 bridgehead atoms. The van der Waals surface area contributed by atoms with Gasteiger partial charge in [0.1, 0.15) is 18.5 Å². The second kappa shape index (κ2) is 8.77. The minimum Gasteiger partial charge on any atom is -0.370 e. The predicted molar refractivity (Wildman–Crippen MR) is 108 cm³/mol. The number of anilines is 2. The van der Waals surface area contributed by atoms with Crippen molar-refractivity contribution in [1.29, 1.82) is 0 Å². The van der Waals surface area contributed by atoms with Gasteiger partial charge < -0.3 is 20.7 Å². The summed E-state index contributed by atoms with van der Waals surface area (Å²) in [5.74, 6) is 0.307. The van der Waals surface area contributed by atoms with Crippen molar-refractivity contribution in [3.05, 3.63) is 24.0 Å². The van der Waals surface area contributed by atoms with E-state index in [1.807, 2.05) is 0 Å². The Balaban J connectivity index is 1.43. The molecule has 3 aliphatic rings. The molecule has 29 heavy (non-hydrogen) atoms. The van der Waals surface area contributed by atoms with Crippen molar-refractivity contribution < 1.29 is 18.7 Å². The largest absolute Gasteiger partial charge is 0.370 e. The lowest BCUT2D eigenvalue weighted by molar-refractivity contribution is -0.125. The minimum atomic E-state index is -0.546. The highest BCUT2D eigenvalue weighted by atomic mass is 19.1. The summed E-state index contributed by atoms with van der Waals surface area (Å²) in [6, 6.07) is 3.99. The van der Waals surface area contributed by atoms with Gasteiger partial charge in [0.05, 0.1) is 12.3 Å². The number of nitrogens with one attached hydrogen (secondary N) is 1. The number of rotatable bonds is 9. The molecule has 1 aliphatic heterocycles. The van der Waals surface area contributed by atoms with Crippen molar-refractivity contribution in [2.75, 3.05) is 49.6 Å². The van der Waals surface area contributed by atoms with Gasteiger partial charge in [0.2, 0.25) is 5.91 Å². The summed E-state index contributed by atoms with van der Waals surface area (Å²) in [5.41, 5.74) is 6.53. The Morgan fingerprint density at radius 3 is 2.52 bits per heavy atom. The smallest absolute Gasteiger partial charge is 0.253 e. The molecule has 1 aromatic carbocycles. The fourth-order valence-corrected chi connectivity index (χ4v) is 3.82. The van der Waals surface area contributed by atoms with Gasteiger partial charge in [0.15, 0.2) is 0 Å². The Bertz CT molecular complexity index is 752. The van der Waals surface area contributed by atoms with Crippen LogP contribution in [0, 0.1) is 17.7 Å². The van der Waals surface area contributed by atoms with Crippen LogP contribution >= 0.6 is 0 Å². The molecular weight excluding hydrogens is 375 g/mol. The predicted octanol–water partition coefficient (Wildman–Crippen LogP) is 1.58. The molecule has 0 radical (unpaired) electrons. The van der Waals surface area contributed by atoms with E-state index in [-0.39, 0.29) is 30.7 Å². The normalized spacial score (nSPS) is 20.8. The zero-order valence-electron chi connectivity index (χ0n) is 16.6. The summed E-state index contributed by atoms with van der Waals surface area (Å²) < 4.78 is 19.7. The van der Waals surface area contributed by atoms with E-state index in [4.69, 9.17) is 10.5 Å². The molecule has 3 fully saturated rings. The van der Waals surface area contributed by atoms with Crippen LogP contribution in [0.3, 0.4) is 0 Å². The van der Waals surface area contributed by atoms with Gasteiger partial charge in [-0.2, -0.15) is 0 Å². The van der Waals surface area contributed by atoms with Gasteiger partial charge in [-0.05, 0) is 55.7 Å². The Morgan fingerprint density at radius 1 is 1.28 bits per heavy atom. The first-order valence-corrected chi connectivity index (χ1v) is 10.5. The van der Waals surface area contributed by atoms with Crippen LogP contribution in [0.2, 0.25) is 0 Å². The van der Waals surface area contributed by atoms with E-state index in [9.17, 15) is 14.0 Å². The first-order valence-electron chi connectivity index (χ1n) is 10.5. The van der Waals surface area contributed by atoms with Crippen LogP contribution in [-0.4, -0.2) is 62.1 Å². The first-order chi connectivity index (χ1) is 14.0. The number of nitrogens with two attached hydrogens (primary N) is 1. The van der Waals surface area contributed by atoms with Crippen LogP contribution < -0.4 is 16.0 Å². The van der Waals surface area contributed by atoms with Crippen molar-refractivity contribution in [2.45, 2.75) is 31.7 Å². The topological polar surface area (TPSA) is 87.9 Å². The van der Waals surface area contributed by atoms with Crippen molar-refractivity contribution >= 4 is 23.2 Å². The van der Waals surface area contributed by atoms with E-state index in [0.29, 0.717) is 30.7 Å². The lowest BCUT2D eigenvalue weighted by atomic mass is 10.1. The van der Waals surface area contributed by atoms with Crippen molar-refractivity contribution in [3.8, 4) is 0 Å². The Hall–Kier alpha value is -2.03. The lowest BCUT2D eigenvalue weighted by Crippen LogP contribution is -2.50. The first kappa shape index (κ1) is 20.3. The van der Waals surface area contributed by atoms with E-state index in [2.05, 4.69) is 10.2 Å². The summed E-state index contributed by atoms with van der Waals surface area (Å²) in [4.78, 5) is 28.4. The van der Waals surface area contributed by atoms with Crippen LogP contribution in [0.5, 0.6) is 0 Å². The molecule has 1 saturated heterocycles. The number of halogens is 1. The summed E-state index contributed by atoms with van der Waals surface area (Å²) >= 11 is 0. The maximum atomic E-state index is 14.6. The maximum Gasteiger partial charge on any atom is 0.253 e. The van der Waals surface area contributed by atoms with Crippen LogP contribution in [0.4, 0.5) is 15.8 Å². The van der Waals surface area contributed by atoms with Gasteiger partial charge in [0, 0.05) is 31.9 Å². The monoisotopic (exact) mass is 404 g/mol. The van der Waals surface area contributed by atoms with E-state index < -0.39 is 11.9 Å². The number of carbonyl (C=O) groups is 2. The molecule has 1 heterocycles. The van der Waals surface area contributed by atoms with Gasteiger partial charge in [-0.25, -0.2) is 4.39 Å². The lowest BCUT2D eigenvalue weighted by Gasteiger charge is -2.30. The Kier molecular flexibility index (Phi) is 6.12. The molecule has 2 aliphatic carbocycles. The summed E-state index contributed by atoms with van der Waals surface area (Å²) in [6.07, 6.45) is 4.86. The van der Waals surface area contributed by atoms with E-state index in [0.717, 1.165) is 13.1 Å². The molecule has 4 rings (SSSR count). The fraction of sp³-hybridized carbons (Fsp3) is 0.619. The van der Waals surface area contributed by atoms with Crippen molar-refractivity contribution in [3.63, 3.8) is 0 Å². The average Bonchev–Trinajstić information content (AvgIpc) is 3.60. The van der Waals surface area contributed by atoms with E-state index >= 15 is 0 Å². The summed E-state index contributed by atoms with van der Waals surface area (Å²) in [5, 5.41) is 2.81. The molecule has 7 nitrogen and oxygen atoms in total. The highest BCUT2D eigenvalue weighted by molar-refractivity contribution is 5.97. The number of ether oxygens (including phenoxy) is 1. The van der Waals surface area contributed by atoms with Crippen molar-refractivity contribution in [1.82, 2.24) is 4.90 Å². The number of amides is 2. The molecule has 1 aromatic rings. The van der Waals surface area contributed by atoms with Gasteiger partial charge >= 0.3 is 0 Å². The van der Waals surface area contributed by atoms with Crippen molar-refractivity contribution in [2.24, 2.45) is 17.6 Å². The minimum absolute atomic E-state index is 0.0477. The molecule has 0 spiro atoms. The molecule has 0 unspecified atom stereocenters. The molecule has 2 saturated carbocycles. The molecule has 8 heteroatoms. The molecule has 3 N–H and O–H groups in total. The summed E-state index contributed by atoms with van der Waals surface area (Å²) in [7, 11) is 0. The van der Waals surface area contributed by atoms with Gasteiger partial charge in [0.25, 0.3) is 5.91 Å². The highest BCUT2D eigenvalue weighted by Gasteiger charge is 2.35. The highest BCUT2D eigenvalue weighted by Crippen LogP contribution is 2.34. The third kappa shape index (κ3) is 5.12. The zero-order valence-corrected chi connectivity index (χ0v) is 16.6. The Morgan fingerprint density at radius 2 is 1.97 bits per heavy atom. The van der Waals surface area contributed by atoms with Gasteiger partial charge in [-0.15, -0.1) is 0 Å². The maximum absolute atomic E-state index is 14.6. The van der Waals surface area contributed by atoms with E-state index in [1.54, 1.807) is 6.07 Å². The van der Waals surface area contributed by atoms with Crippen LogP contribution in [-0.2, 0) is 14.3 Å². The van der Waals surface area contributed by atoms with Crippen LogP contribution in [0.1, 0.15) is 25.7 Å². The number of hydrogen-bond donors (Lipinski definition) is 2. The standard InChI is InChI=1S/C21H29FN4O3/c22-17-9-16(5-6-18(17)26-7-8-29-13-20(26)27)24-21(28)19(10-23)25(11-14-1-2-14)12-15-3-4-15/h5-6,9,14-15,19H,1-4,7-8,10-13,23H2,(H,24,28)/t19-/m0/s1. The Labute approximate surface area is 170 Å².